The number of rotatable bonds is 7. The topological polar surface area (TPSA) is 94.9 Å². The minimum absolute atomic E-state index is 0. The summed E-state index contributed by atoms with van der Waals surface area (Å²) in [4.78, 5) is 17.4. The molecule has 1 amide bonds. The summed E-state index contributed by atoms with van der Waals surface area (Å²) in [6.07, 6.45) is 0.713. The van der Waals surface area contributed by atoms with Gasteiger partial charge in [0.05, 0.1) is 18.8 Å². The van der Waals surface area contributed by atoms with E-state index in [1.807, 2.05) is 30.1 Å². The Balaban J connectivity index is 0.00000288. The molecule has 25 heavy (non-hydrogen) atoms. The minimum atomic E-state index is -0.799. The molecule has 0 unspecified atom stereocenters. The van der Waals surface area contributed by atoms with Crippen LogP contribution in [0, 0.1) is 0 Å². The van der Waals surface area contributed by atoms with Crippen molar-refractivity contribution in [2.24, 2.45) is 0 Å². The number of pyridine rings is 1. The molecule has 2 heterocycles. The highest BCUT2D eigenvalue weighted by Crippen LogP contribution is 2.25. The van der Waals surface area contributed by atoms with Crippen LogP contribution in [0.1, 0.15) is 12.6 Å². The maximum absolute atomic E-state index is 11.1. The lowest BCUT2D eigenvalue weighted by atomic mass is 10.0. The van der Waals surface area contributed by atoms with Crippen molar-refractivity contribution in [1.29, 1.82) is 0 Å². The highest BCUT2D eigenvalue weighted by molar-refractivity contribution is 5.85. The van der Waals surface area contributed by atoms with Gasteiger partial charge in [-0.3, -0.25) is 14.7 Å². The fourth-order valence-electron chi connectivity index (χ4n) is 2.92. The van der Waals surface area contributed by atoms with E-state index >= 15 is 0 Å². The third-order valence-electron chi connectivity index (χ3n) is 4.15. The van der Waals surface area contributed by atoms with Crippen molar-refractivity contribution in [3.63, 3.8) is 0 Å². The van der Waals surface area contributed by atoms with Gasteiger partial charge in [-0.15, -0.1) is 24.8 Å². The third-order valence-corrected chi connectivity index (χ3v) is 4.15. The van der Waals surface area contributed by atoms with Crippen molar-refractivity contribution in [3.8, 4) is 0 Å². The van der Waals surface area contributed by atoms with E-state index in [9.17, 15) is 15.0 Å². The summed E-state index contributed by atoms with van der Waals surface area (Å²) in [5, 5.41) is 22.5. The predicted molar refractivity (Wildman–Crippen MR) is 99.3 cm³/mol. The Hall–Kier alpha value is -0.960. The Morgan fingerprint density at radius 2 is 2.08 bits per heavy atom. The Kier molecular flexibility index (Phi) is 11.2. The van der Waals surface area contributed by atoms with Crippen LogP contribution in [0.4, 0.5) is 0 Å². The van der Waals surface area contributed by atoms with Gasteiger partial charge in [0.15, 0.2) is 0 Å². The first-order valence-corrected chi connectivity index (χ1v) is 7.82. The van der Waals surface area contributed by atoms with Gasteiger partial charge in [0.1, 0.15) is 12.2 Å². The van der Waals surface area contributed by atoms with Crippen LogP contribution in [0.3, 0.4) is 0 Å². The molecule has 4 atom stereocenters. The van der Waals surface area contributed by atoms with E-state index in [1.165, 1.54) is 6.92 Å². The lowest BCUT2D eigenvalue weighted by Crippen LogP contribution is -2.50. The third kappa shape index (κ3) is 6.69. The largest absolute Gasteiger partial charge is 0.394 e. The first kappa shape index (κ1) is 24.0. The Morgan fingerprint density at radius 3 is 2.64 bits per heavy atom. The highest BCUT2D eigenvalue weighted by atomic mass is 35.5. The van der Waals surface area contributed by atoms with Crippen LogP contribution in [0.25, 0.3) is 0 Å². The van der Waals surface area contributed by atoms with Crippen molar-refractivity contribution in [1.82, 2.24) is 15.2 Å². The molecule has 0 spiro atoms. The molecule has 1 fully saturated rings. The fourth-order valence-corrected chi connectivity index (χ4v) is 2.92. The molecule has 1 aliphatic heterocycles. The molecule has 1 aliphatic rings. The zero-order valence-corrected chi connectivity index (χ0v) is 16.0. The molecule has 1 saturated heterocycles. The maximum atomic E-state index is 11.1. The summed E-state index contributed by atoms with van der Waals surface area (Å²) >= 11 is 0. The highest BCUT2D eigenvalue weighted by Gasteiger charge is 2.45. The minimum Gasteiger partial charge on any atom is -0.394 e. The quantitative estimate of drug-likeness (QED) is 0.602. The van der Waals surface area contributed by atoms with Gasteiger partial charge in [0, 0.05) is 38.3 Å². The van der Waals surface area contributed by atoms with Gasteiger partial charge in [0.2, 0.25) is 5.91 Å². The SMILES string of the molecule is CC(=O)NC[C@H]1O[C@@H](CO)[C@@H](O)[C@H]1N(C)CCc1ccccn1.Cl.Cl. The summed E-state index contributed by atoms with van der Waals surface area (Å²) in [5.41, 5.74) is 0.977. The number of carbonyl (C=O) groups excluding carboxylic acids is 1. The van der Waals surface area contributed by atoms with E-state index in [2.05, 4.69) is 10.3 Å². The molecule has 0 saturated carbocycles. The normalized spacial score (nSPS) is 25.2. The monoisotopic (exact) mass is 395 g/mol. The molecule has 0 radical (unpaired) electrons. The number of aliphatic hydroxyl groups is 2. The summed E-state index contributed by atoms with van der Waals surface area (Å²) in [6, 6.07) is 5.48. The van der Waals surface area contributed by atoms with Gasteiger partial charge in [0.25, 0.3) is 0 Å². The van der Waals surface area contributed by atoms with Gasteiger partial charge in [-0.1, -0.05) is 6.07 Å². The molecule has 9 heteroatoms. The van der Waals surface area contributed by atoms with E-state index in [4.69, 9.17) is 4.74 Å². The van der Waals surface area contributed by atoms with Crippen LogP contribution >= 0.6 is 24.8 Å². The van der Waals surface area contributed by atoms with Crippen LogP contribution in [0.5, 0.6) is 0 Å². The number of carbonyl (C=O) groups is 1. The summed E-state index contributed by atoms with van der Waals surface area (Å²) < 4.78 is 5.69. The molecule has 3 N–H and O–H groups in total. The predicted octanol–water partition coefficient (Wildman–Crippen LogP) is 0.0248. The fraction of sp³-hybridized carbons (Fsp3) is 0.625. The van der Waals surface area contributed by atoms with Crippen molar-refractivity contribution in [2.75, 3.05) is 26.7 Å². The van der Waals surface area contributed by atoms with Gasteiger partial charge >= 0.3 is 0 Å². The Morgan fingerprint density at radius 1 is 1.36 bits per heavy atom. The number of amides is 1. The van der Waals surface area contributed by atoms with E-state index in [0.29, 0.717) is 13.1 Å². The van der Waals surface area contributed by atoms with E-state index < -0.39 is 12.2 Å². The molecule has 1 aromatic heterocycles. The maximum Gasteiger partial charge on any atom is 0.216 e. The second-order valence-corrected chi connectivity index (χ2v) is 5.87. The van der Waals surface area contributed by atoms with Crippen LogP contribution in [-0.2, 0) is 16.0 Å². The van der Waals surface area contributed by atoms with Crippen molar-refractivity contribution in [2.45, 2.75) is 37.7 Å². The van der Waals surface area contributed by atoms with Crippen molar-refractivity contribution in [3.05, 3.63) is 30.1 Å². The number of nitrogens with zero attached hydrogens (tertiary/aromatic N) is 2. The number of aliphatic hydroxyl groups excluding tert-OH is 2. The summed E-state index contributed by atoms with van der Waals surface area (Å²) in [6.45, 7) is 2.19. The molecule has 0 bridgehead atoms. The number of nitrogens with one attached hydrogen (secondary N) is 1. The summed E-state index contributed by atoms with van der Waals surface area (Å²) in [5.74, 6) is -0.148. The smallest absolute Gasteiger partial charge is 0.216 e. The van der Waals surface area contributed by atoms with Gasteiger partial charge in [-0.05, 0) is 19.2 Å². The van der Waals surface area contributed by atoms with E-state index in [1.54, 1.807) is 6.20 Å². The van der Waals surface area contributed by atoms with Crippen molar-refractivity contribution >= 4 is 30.7 Å². The van der Waals surface area contributed by atoms with E-state index in [0.717, 1.165) is 12.1 Å². The average molecular weight is 396 g/mol. The molecule has 1 aromatic rings. The first-order valence-electron chi connectivity index (χ1n) is 7.82. The van der Waals surface area contributed by atoms with Crippen molar-refractivity contribution < 1.29 is 19.7 Å². The zero-order valence-electron chi connectivity index (χ0n) is 14.4. The molecule has 7 nitrogen and oxygen atoms in total. The molecular formula is C16H27Cl2N3O4. The number of hydrogen-bond donors (Lipinski definition) is 3. The lowest BCUT2D eigenvalue weighted by molar-refractivity contribution is -0.119. The molecular weight excluding hydrogens is 369 g/mol. The van der Waals surface area contributed by atoms with Gasteiger partial charge < -0.3 is 20.3 Å². The van der Waals surface area contributed by atoms with Crippen LogP contribution in [-0.4, -0.2) is 77.1 Å². The number of aromatic nitrogens is 1. The van der Waals surface area contributed by atoms with Gasteiger partial charge in [-0.2, -0.15) is 0 Å². The Labute approximate surface area is 160 Å². The van der Waals surface area contributed by atoms with Crippen LogP contribution in [0.2, 0.25) is 0 Å². The van der Waals surface area contributed by atoms with Crippen LogP contribution in [0.15, 0.2) is 24.4 Å². The first-order chi connectivity index (χ1) is 11.0. The number of ether oxygens (including phenoxy) is 1. The second-order valence-electron chi connectivity index (χ2n) is 5.87. The van der Waals surface area contributed by atoms with Crippen LogP contribution < -0.4 is 5.32 Å². The number of hydrogen-bond acceptors (Lipinski definition) is 6. The number of halogens is 2. The molecule has 144 valence electrons. The second kappa shape index (κ2) is 11.6. The molecule has 0 aliphatic carbocycles. The number of likely N-dealkylation sites (N-methyl/N-ethyl adjacent to an activating group) is 1. The Bertz CT molecular complexity index is 509. The molecule has 0 aromatic carbocycles. The van der Waals surface area contributed by atoms with Gasteiger partial charge in [-0.25, -0.2) is 0 Å². The summed E-state index contributed by atoms with van der Waals surface area (Å²) in [7, 11) is 1.90. The standard InChI is InChI=1S/C16H25N3O4.2ClH/c1-11(21)18-9-13-15(16(22)14(10-20)23-13)19(2)8-6-12-5-3-4-7-17-12;;/h3-5,7,13-16,20,22H,6,8-10H2,1-2H3,(H,18,21);2*1H/t13-,14+,15+,16-;;/m1../s1. The lowest BCUT2D eigenvalue weighted by Gasteiger charge is -2.30. The zero-order chi connectivity index (χ0) is 16.8. The molecule has 2 rings (SSSR count). The van der Waals surface area contributed by atoms with E-state index in [-0.39, 0.29) is 49.5 Å². The average Bonchev–Trinajstić information content (AvgIpc) is 2.87.